The van der Waals surface area contributed by atoms with E-state index in [0.29, 0.717) is 25.4 Å². The zero-order valence-electron chi connectivity index (χ0n) is 19.6. The van der Waals surface area contributed by atoms with E-state index in [4.69, 9.17) is 14.2 Å². The fourth-order valence-corrected chi connectivity index (χ4v) is 4.85. The van der Waals surface area contributed by atoms with Crippen LogP contribution < -0.4 is 4.74 Å². The number of carbonyl (C=O) groups is 1. The molecule has 0 radical (unpaired) electrons. The van der Waals surface area contributed by atoms with Crippen LogP contribution in [-0.2, 0) is 14.3 Å². The van der Waals surface area contributed by atoms with Crippen molar-refractivity contribution in [2.24, 2.45) is 17.8 Å². The Hall–Kier alpha value is -1.96. The summed E-state index contributed by atoms with van der Waals surface area (Å²) in [5.74, 6) is -0.0349. The summed E-state index contributed by atoms with van der Waals surface area (Å²) >= 11 is 0. The highest BCUT2D eigenvalue weighted by Crippen LogP contribution is 2.42. The number of aliphatic hydroxyl groups is 2. The summed E-state index contributed by atoms with van der Waals surface area (Å²) in [5.41, 5.74) is 0. The molecule has 0 spiro atoms. The molecule has 0 unspecified atom stereocenters. The number of halogens is 1. The Morgan fingerprint density at radius 3 is 2.85 bits per heavy atom. The molecule has 1 aliphatic carbocycles. The van der Waals surface area contributed by atoms with Crippen LogP contribution in [0, 0.1) is 23.6 Å². The van der Waals surface area contributed by atoms with Gasteiger partial charge in [0.1, 0.15) is 12.7 Å². The summed E-state index contributed by atoms with van der Waals surface area (Å²) in [4.78, 5) is 11.7. The van der Waals surface area contributed by atoms with Crippen LogP contribution in [0.15, 0.2) is 36.4 Å². The second-order valence-corrected chi connectivity index (χ2v) is 9.48. The van der Waals surface area contributed by atoms with E-state index in [0.717, 1.165) is 25.7 Å². The highest BCUT2D eigenvalue weighted by Gasteiger charge is 2.43. The van der Waals surface area contributed by atoms with Crippen LogP contribution in [-0.4, -0.2) is 53.8 Å². The van der Waals surface area contributed by atoms with Gasteiger partial charge in [0.2, 0.25) is 0 Å². The molecule has 3 rings (SSSR count). The Morgan fingerprint density at radius 1 is 1.30 bits per heavy atom. The summed E-state index contributed by atoms with van der Waals surface area (Å²) in [6.45, 7) is 4.28. The van der Waals surface area contributed by atoms with Gasteiger partial charge in [-0.05, 0) is 63.5 Å². The van der Waals surface area contributed by atoms with Crippen molar-refractivity contribution >= 4 is 5.97 Å². The number of carbonyl (C=O) groups excluding carboxylic acids is 1. The van der Waals surface area contributed by atoms with Gasteiger partial charge in [0, 0.05) is 25.4 Å². The van der Waals surface area contributed by atoms with Gasteiger partial charge in [-0.25, -0.2) is 4.39 Å². The van der Waals surface area contributed by atoms with Gasteiger partial charge in [-0.2, -0.15) is 0 Å². The SMILES string of the molecule is CC(C)OC(=O)CCC[C@H]1CC[C@@H]2[C@@H](/C=C/[C@H](O)COc3ccccc3F)[C@H](O)C[C@@H]2OC1. The predicted molar refractivity (Wildman–Crippen MR) is 122 cm³/mol. The van der Waals surface area contributed by atoms with E-state index in [-0.39, 0.29) is 42.4 Å². The molecule has 0 aromatic heterocycles. The van der Waals surface area contributed by atoms with E-state index in [1.54, 1.807) is 18.2 Å². The molecule has 0 amide bonds. The lowest BCUT2D eigenvalue weighted by Gasteiger charge is -2.21. The van der Waals surface area contributed by atoms with E-state index in [1.165, 1.54) is 12.1 Å². The number of para-hydroxylation sites is 1. The van der Waals surface area contributed by atoms with Gasteiger partial charge in [0.25, 0.3) is 0 Å². The van der Waals surface area contributed by atoms with Crippen molar-refractivity contribution in [2.75, 3.05) is 13.2 Å². The van der Waals surface area contributed by atoms with Crippen molar-refractivity contribution in [3.8, 4) is 5.75 Å². The van der Waals surface area contributed by atoms with Gasteiger partial charge in [-0.3, -0.25) is 4.79 Å². The van der Waals surface area contributed by atoms with Gasteiger partial charge in [-0.1, -0.05) is 24.3 Å². The van der Waals surface area contributed by atoms with E-state index >= 15 is 0 Å². The van der Waals surface area contributed by atoms with Crippen LogP contribution in [0.4, 0.5) is 4.39 Å². The number of rotatable bonds is 10. The molecule has 1 aromatic rings. The van der Waals surface area contributed by atoms with Crippen molar-refractivity contribution in [1.29, 1.82) is 0 Å². The molecular weight excluding hydrogens is 427 g/mol. The highest BCUT2D eigenvalue weighted by molar-refractivity contribution is 5.69. The fraction of sp³-hybridized carbons (Fsp3) is 0.654. The summed E-state index contributed by atoms with van der Waals surface area (Å²) in [7, 11) is 0. The maximum Gasteiger partial charge on any atom is 0.306 e. The third kappa shape index (κ3) is 7.80. The minimum atomic E-state index is -0.902. The molecule has 1 saturated heterocycles. The van der Waals surface area contributed by atoms with Crippen LogP contribution in [0.5, 0.6) is 5.75 Å². The molecule has 1 saturated carbocycles. The Bertz CT molecular complexity index is 782. The Labute approximate surface area is 195 Å². The Kier molecular flexibility index (Phi) is 9.71. The molecule has 6 nitrogen and oxygen atoms in total. The normalized spacial score (nSPS) is 28.5. The molecule has 6 atom stereocenters. The number of ether oxygens (including phenoxy) is 3. The van der Waals surface area contributed by atoms with E-state index in [9.17, 15) is 19.4 Å². The maximum absolute atomic E-state index is 13.7. The summed E-state index contributed by atoms with van der Waals surface area (Å²) in [6, 6.07) is 6.08. The number of hydrogen-bond acceptors (Lipinski definition) is 6. The molecule has 184 valence electrons. The van der Waals surface area contributed by atoms with Crippen molar-refractivity contribution < 1.29 is 33.6 Å². The second-order valence-electron chi connectivity index (χ2n) is 9.48. The topological polar surface area (TPSA) is 85.2 Å². The average molecular weight is 465 g/mol. The lowest BCUT2D eigenvalue weighted by atomic mass is 9.86. The third-order valence-electron chi connectivity index (χ3n) is 6.51. The first-order chi connectivity index (χ1) is 15.8. The Balaban J connectivity index is 1.46. The molecule has 1 heterocycles. The van der Waals surface area contributed by atoms with Gasteiger partial charge in [0.15, 0.2) is 11.6 Å². The second kappa shape index (κ2) is 12.5. The van der Waals surface area contributed by atoms with Gasteiger partial charge < -0.3 is 24.4 Å². The quantitative estimate of drug-likeness (QED) is 0.402. The first-order valence-corrected chi connectivity index (χ1v) is 12.1. The van der Waals surface area contributed by atoms with E-state index in [2.05, 4.69) is 0 Å². The van der Waals surface area contributed by atoms with Crippen LogP contribution in [0.1, 0.15) is 52.4 Å². The number of esters is 1. The molecule has 1 aromatic carbocycles. The molecule has 0 bridgehead atoms. The zero-order chi connectivity index (χ0) is 23.8. The van der Waals surface area contributed by atoms with Crippen molar-refractivity contribution in [2.45, 2.75) is 76.8 Å². The fourth-order valence-electron chi connectivity index (χ4n) is 4.85. The molecule has 7 heteroatoms. The van der Waals surface area contributed by atoms with Crippen molar-refractivity contribution in [1.82, 2.24) is 0 Å². The van der Waals surface area contributed by atoms with E-state index in [1.807, 2.05) is 19.9 Å². The molecule has 2 N–H and O–H groups in total. The number of hydrogen-bond donors (Lipinski definition) is 2. The van der Waals surface area contributed by atoms with Crippen LogP contribution in [0.25, 0.3) is 0 Å². The minimum absolute atomic E-state index is 0.00244. The average Bonchev–Trinajstić information content (AvgIpc) is 2.92. The smallest absolute Gasteiger partial charge is 0.306 e. The molecule has 2 aliphatic rings. The summed E-state index contributed by atoms with van der Waals surface area (Å²) in [6.07, 6.45) is 6.60. The van der Waals surface area contributed by atoms with Gasteiger partial charge in [0.05, 0.1) is 18.3 Å². The van der Waals surface area contributed by atoms with Gasteiger partial charge >= 0.3 is 5.97 Å². The van der Waals surface area contributed by atoms with E-state index < -0.39 is 18.0 Å². The summed E-state index contributed by atoms with van der Waals surface area (Å²) in [5, 5.41) is 20.8. The lowest BCUT2D eigenvalue weighted by Crippen LogP contribution is -2.22. The van der Waals surface area contributed by atoms with Crippen molar-refractivity contribution in [3.63, 3.8) is 0 Å². The third-order valence-corrected chi connectivity index (χ3v) is 6.51. The predicted octanol–water partition coefficient (Wildman–Crippen LogP) is 4.04. The standard InChI is InChI=1S/C26H37FO6/c1-17(2)33-26(30)9-5-6-18-10-12-21-20(23(29)14-25(21)31-15-18)13-11-19(28)16-32-24-8-4-3-7-22(24)27/h3-4,7-8,11,13,17-21,23,25,28-29H,5-6,9-10,12,14-16H2,1-2H3/b13-11+/t18-,19-,20+,21+,23+,25-/m0/s1. The Morgan fingerprint density at radius 2 is 2.09 bits per heavy atom. The lowest BCUT2D eigenvalue weighted by molar-refractivity contribution is -0.147. The van der Waals surface area contributed by atoms with Crippen molar-refractivity contribution in [3.05, 3.63) is 42.2 Å². The highest BCUT2D eigenvalue weighted by atomic mass is 19.1. The number of aliphatic hydroxyl groups excluding tert-OH is 2. The zero-order valence-corrected chi connectivity index (χ0v) is 19.6. The number of fused-ring (bicyclic) bond motifs is 1. The molecule has 2 fully saturated rings. The molecular formula is C26H37FO6. The first kappa shape index (κ1) is 25.7. The number of benzene rings is 1. The van der Waals surface area contributed by atoms with Gasteiger partial charge in [-0.15, -0.1) is 0 Å². The first-order valence-electron chi connectivity index (χ1n) is 12.1. The summed E-state index contributed by atoms with van der Waals surface area (Å²) < 4.78 is 30.4. The molecule has 1 aliphatic heterocycles. The van der Waals surface area contributed by atoms with Crippen LogP contribution >= 0.6 is 0 Å². The minimum Gasteiger partial charge on any atom is -0.487 e. The van der Waals surface area contributed by atoms with Crippen LogP contribution in [0.2, 0.25) is 0 Å². The largest absolute Gasteiger partial charge is 0.487 e. The molecule has 33 heavy (non-hydrogen) atoms. The maximum atomic E-state index is 13.7. The van der Waals surface area contributed by atoms with Crippen LogP contribution in [0.3, 0.4) is 0 Å². The monoisotopic (exact) mass is 464 g/mol.